The number of aromatic nitrogens is 6. The molecule has 5 aromatic rings. The smallest absolute Gasteiger partial charge is 0.164 e. The first kappa shape index (κ1) is 28.6. The lowest BCUT2D eigenvalue weighted by Crippen LogP contribution is -2.51. The van der Waals surface area contributed by atoms with Crippen molar-refractivity contribution in [3.63, 3.8) is 0 Å². The van der Waals surface area contributed by atoms with Gasteiger partial charge in [-0.25, -0.2) is 19.6 Å². The topological polar surface area (TPSA) is 123 Å². The lowest BCUT2D eigenvalue weighted by atomic mass is 9.90. The first-order valence-electron chi connectivity index (χ1n) is 16.4. The number of anilines is 1. The second kappa shape index (κ2) is 12.5. The monoisotopic (exact) mass is 607 g/mol. The summed E-state index contributed by atoms with van der Waals surface area (Å²) in [7, 11) is 0. The highest BCUT2D eigenvalue weighted by Gasteiger charge is 2.31. The fourth-order valence-electron chi connectivity index (χ4n) is 7.41. The molecule has 2 aromatic carbocycles. The molecule has 0 atom stereocenters. The number of nitrogens with zero attached hydrogens (tertiary/aromatic N) is 7. The Morgan fingerprint density at radius 3 is 2.47 bits per heavy atom. The van der Waals surface area contributed by atoms with Crippen LogP contribution in [0.5, 0.6) is 0 Å². The van der Waals surface area contributed by atoms with E-state index >= 15 is 0 Å². The number of H-pyrrole nitrogens is 1. The van der Waals surface area contributed by atoms with Crippen LogP contribution in [0.3, 0.4) is 0 Å². The van der Waals surface area contributed by atoms with Crippen molar-refractivity contribution < 1.29 is 9.47 Å². The van der Waals surface area contributed by atoms with E-state index in [4.69, 9.17) is 30.3 Å². The van der Waals surface area contributed by atoms with Crippen molar-refractivity contribution in [2.75, 3.05) is 51.7 Å². The van der Waals surface area contributed by atoms with E-state index in [1.54, 1.807) is 6.33 Å². The first-order valence-corrected chi connectivity index (χ1v) is 16.4. The summed E-state index contributed by atoms with van der Waals surface area (Å²) in [6.07, 6.45) is 7.73. The third-order valence-electron chi connectivity index (χ3n) is 9.85. The van der Waals surface area contributed by atoms with Crippen molar-refractivity contribution in [3.05, 3.63) is 66.2 Å². The molecule has 2 aliphatic heterocycles. The molecular weight excluding hydrogens is 566 g/mol. The minimum Gasteiger partial charge on any atom is -0.383 e. The minimum absolute atomic E-state index is 0.0104. The number of ether oxygens (including phenoxy) is 2. The summed E-state index contributed by atoms with van der Waals surface area (Å²) in [5.41, 5.74) is 12.2. The number of piperazine rings is 1. The fourth-order valence-corrected chi connectivity index (χ4v) is 7.41. The summed E-state index contributed by atoms with van der Waals surface area (Å²) in [6, 6.07) is 17.6. The molecule has 3 fully saturated rings. The second-order valence-corrected chi connectivity index (χ2v) is 12.6. The molecular formula is C34H41N9O2. The average molecular weight is 608 g/mol. The lowest BCUT2D eigenvalue weighted by Gasteiger charge is -2.42. The summed E-state index contributed by atoms with van der Waals surface area (Å²) in [5, 5.41) is 6.00. The molecule has 5 heterocycles. The van der Waals surface area contributed by atoms with Crippen molar-refractivity contribution >= 4 is 27.9 Å². The third-order valence-corrected chi connectivity index (χ3v) is 9.85. The van der Waals surface area contributed by atoms with E-state index in [1.165, 1.54) is 5.56 Å². The molecule has 45 heavy (non-hydrogen) atoms. The highest BCUT2D eigenvalue weighted by molar-refractivity contribution is 5.99. The Hall–Kier alpha value is -3.90. The van der Waals surface area contributed by atoms with Gasteiger partial charge in [-0.15, -0.1) is 0 Å². The Morgan fingerprint density at radius 2 is 1.67 bits per heavy atom. The Kier molecular flexibility index (Phi) is 7.92. The highest BCUT2D eigenvalue weighted by Crippen LogP contribution is 2.37. The molecule has 234 valence electrons. The number of nitrogen functional groups attached to an aromatic ring is 1. The van der Waals surface area contributed by atoms with Gasteiger partial charge < -0.3 is 25.1 Å². The van der Waals surface area contributed by atoms with Gasteiger partial charge in [0.2, 0.25) is 0 Å². The predicted molar refractivity (Wildman–Crippen MR) is 174 cm³/mol. The van der Waals surface area contributed by atoms with Crippen LogP contribution < -0.4 is 5.73 Å². The summed E-state index contributed by atoms with van der Waals surface area (Å²) in [6.45, 7) is 7.00. The van der Waals surface area contributed by atoms with Crippen molar-refractivity contribution in [1.82, 2.24) is 39.5 Å². The zero-order valence-electron chi connectivity index (χ0n) is 25.6. The van der Waals surface area contributed by atoms with Gasteiger partial charge in [0.05, 0.1) is 35.7 Å². The largest absolute Gasteiger partial charge is 0.383 e. The van der Waals surface area contributed by atoms with Crippen LogP contribution in [0.1, 0.15) is 49.5 Å². The van der Waals surface area contributed by atoms with Crippen LogP contribution >= 0.6 is 0 Å². The molecule has 0 spiro atoms. The highest BCUT2D eigenvalue weighted by atomic mass is 16.7. The van der Waals surface area contributed by atoms with Gasteiger partial charge in [-0.2, -0.15) is 5.10 Å². The van der Waals surface area contributed by atoms with E-state index in [9.17, 15) is 0 Å². The van der Waals surface area contributed by atoms with E-state index < -0.39 is 0 Å². The van der Waals surface area contributed by atoms with E-state index in [1.807, 2.05) is 6.07 Å². The normalized spacial score (nSPS) is 22.1. The fraction of sp³-hybridized carbons (Fsp3) is 0.471. The number of benzene rings is 2. The molecule has 0 radical (unpaired) electrons. The Labute approximate surface area is 262 Å². The van der Waals surface area contributed by atoms with E-state index in [0.29, 0.717) is 11.9 Å². The summed E-state index contributed by atoms with van der Waals surface area (Å²) < 4.78 is 13.4. The van der Waals surface area contributed by atoms with Gasteiger partial charge in [-0.1, -0.05) is 36.4 Å². The molecule has 3 aromatic heterocycles. The van der Waals surface area contributed by atoms with Gasteiger partial charge in [-0.3, -0.25) is 4.90 Å². The summed E-state index contributed by atoms with van der Waals surface area (Å²) in [4.78, 5) is 22.7. The Balaban J connectivity index is 0.960. The van der Waals surface area contributed by atoms with E-state index in [2.05, 4.69) is 66.9 Å². The van der Waals surface area contributed by atoms with Gasteiger partial charge in [-0.05, 0) is 43.4 Å². The number of hydrogen-bond donors (Lipinski definition) is 2. The van der Waals surface area contributed by atoms with E-state index in [-0.39, 0.29) is 12.3 Å². The summed E-state index contributed by atoms with van der Waals surface area (Å²) >= 11 is 0. The molecule has 11 heteroatoms. The molecule has 2 saturated heterocycles. The maximum Gasteiger partial charge on any atom is 0.164 e. The number of nitrogens with two attached hydrogens (primary N) is 1. The Bertz CT molecular complexity index is 1750. The molecule has 0 bridgehead atoms. The molecule has 11 nitrogen and oxygen atoms in total. The molecule has 0 amide bonds. The molecule has 8 rings (SSSR count). The SMILES string of the molecule is Nc1ncnc2c1c(-c1ccc3[nH]c(Cc4ccccc4)nc3c1)nn2C1CCC(N2CCN(CCC3OCCO3)CC2)CC1. The van der Waals surface area contributed by atoms with Crippen molar-refractivity contribution in [2.24, 2.45) is 0 Å². The molecule has 3 aliphatic rings. The van der Waals surface area contributed by atoms with Crippen LogP contribution in [-0.2, 0) is 15.9 Å². The lowest BCUT2D eigenvalue weighted by molar-refractivity contribution is -0.0540. The average Bonchev–Trinajstić information content (AvgIpc) is 3.84. The zero-order chi connectivity index (χ0) is 30.2. The third kappa shape index (κ3) is 5.93. The minimum atomic E-state index is -0.0104. The summed E-state index contributed by atoms with van der Waals surface area (Å²) in [5.74, 6) is 1.41. The number of imidazole rings is 1. The van der Waals surface area contributed by atoms with Gasteiger partial charge in [0.1, 0.15) is 23.7 Å². The standard InChI is InChI=1S/C34H41N9O2/c35-33-31-32(24-6-11-27-28(21-24)39-29(38-27)20-23-4-2-1-3-5-23)40-43(34(31)37-22-36-33)26-9-7-25(8-10-26)42-16-14-41(15-17-42)13-12-30-44-18-19-45-30/h1-6,11,21-22,25-26,30H,7-10,12-20H2,(H,38,39)(H2,35,36,37). The Morgan fingerprint density at radius 1 is 0.889 bits per heavy atom. The van der Waals surface area contributed by atoms with Crippen molar-refractivity contribution in [3.8, 4) is 11.3 Å². The number of fused-ring (bicyclic) bond motifs is 2. The van der Waals surface area contributed by atoms with Crippen molar-refractivity contribution in [1.29, 1.82) is 0 Å². The maximum atomic E-state index is 6.48. The van der Waals surface area contributed by atoms with Crippen LogP contribution in [0.4, 0.5) is 5.82 Å². The zero-order valence-corrected chi connectivity index (χ0v) is 25.6. The van der Waals surface area contributed by atoms with Gasteiger partial charge in [0.25, 0.3) is 0 Å². The quantitative estimate of drug-likeness (QED) is 0.264. The van der Waals surface area contributed by atoms with Crippen LogP contribution in [0.2, 0.25) is 0 Å². The molecule has 1 saturated carbocycles. The maximum absolute atomic E-state index is 6.48. The first-order chi connectivity index (χ1) is 22.2. The second-order valence-electron chi connectivity index (χ2n) is 12.6. The molecule has 0 unspecified atom stereocenters. The van der Waals surface area contributed by atoms with Crippen LogP contribution in [0.25, 0.3) is 33.3 Å². The number of rotatable bonds is 8. The van der Waals surface area contributed by atoms with Crippen LogP contribution in [0, 0.1) is 0 Å². The van der Waals surface area contributed by atoms with Crippen LogP contribution in [-0.4, -0.2) is 97.8 Å². The van der Waals surface area contributed by atoms with E-state index in [0.717, 1.165) is 124 Å². The number of nitrogens with one attached hydrogen (secondary N) is 1. The van der Waals surface area contributed by atoms with Crippen LogP contribution in [0.15, 0.2) is 54.9 Å². The molecule has 1 aliphatic carbocycles. The number of aromatic amines is 1. The van der Waals surface area contributed by atoms with Gasteiger partial charge in [0, 0.05) is 57.2 Å². The predicted octanol–water partition coefficient (Wildman–Crippen LogP) is 4.41. The molecule has 3 N–H and O–H groups in total. The van der Waals surface area contributed by atoms with Gasteiger partial charge >= 0.3 is 0 Å². The van der Waals surface area contributed by atoms with Crippen molar-refractivity contribution in [2.45, 2.75) is 56.9 Å². The van der Waals surface area contributed by atoms with Gasteiger partial charge in [0.15, 0.2) is 11.9 Å². The number of hydrogen-bond acceptors (Lipinski definition) is 9.